The first kappa shape index (κ1) is 22.2. The second-order valence-corrected chi connectivity index (χ2v) is 8.94. The zero-order valence-corrected chi connectivity index (χ0v) is 18.3. The van der Waals surface area contributed by atoms with Crippen LogP contribution in [0.25, 0.3) is 0 Å². The predicted octanol–water partition coefficient (Wildman–Crippen LogP) is 3.24. The first-order chi connectivity index (χ1) is 14.3. The fourth-order valence-electron chi connectivity index (χ4n) is 2.68. The predicted molar refractivity (Wildman–Crippen MR) is 110 cm³/mol. The van der Waals surface area contributed by atoms with Gasteiger partial charge in [0.15, 0.2) is 0 Å². The molecule has 1 heterocycles. The van der Waals surface area contributed by atoms with Gasteiger partial charge in [-0.3, -0.25) is 0 Å². The number of hydrogen-bond donors (Lipinski definition) is 1. The molecule has 0 bridgehead atoms. The normalized spacial score (nSPS) is 11.4. The smallest absolute Gasteiger partial charge is 0.269 e. The molecule has 0 aliphatic carbocycles. The second kappa shape index (κ2) is 9.13. The summed E-state index contributed by atoms with van der Waals surface area (Å²) in [6.07, 6.45) is 1.20. The summed E-state index contributed by atoms with van der Waals surface area (Å²) in [6, 6.07) is 6.75. The summed E-state index contributed by atoms with van der Waals surface area (Å²) in [5, 5.41) is 9.20. The molecule has 3 rings (SSSR count). The summed E-state index contributed by atoms with van der Waals surface area (Å²) < 4.78 is 56.7. The van der Waals surface area contributed by atoms with Crippen molar-refractivity contribution in [1.29, 1.82) is 0 Å². The monoisotopic (exact) mass is 473 g/mol. The number of halogens is 2. The average molecular weight is 474 g/mol. The van der Waals surface area contributed by atoms with Gasteiger partial charge in [-0.05, 0) is 29.8 Å². The Morgan fingerprint density at radius 3 is 2.57 bits per heavy atom. The Morgan fingerprint density at radius 2 is 1.97 bits per heavy atom. The van der Waals surface area contributed by atoms with Crippen LogP contribution in [-0.4, -0.2) is 37.1 Å². The number of ether oxygens (including phenoxy) is 2. The lowest BCUT2D eigenvalue weighted by atomic mass is 10.2. The van der Waals surface area contributed by atoms with Crippen molar-refractivity contribution in [2.24, 2.45) is 0 Å². The molecule has 0 atom stereocenters. The molecule has 0 aliphatic rings. The van der Waals surface area contributed by atoms with Gasteiger partial charge < -0.3 is 14.6 Å². The summed E-state index contributed by atoms with van der Waals surface area (Å²) in [6.45, 7) is -0.733. The lowest BCUT2D eigenvalue weighted by Crippen LogP contribution is -2.31. The van der Waals surface area contributed by atoms with Crippen LogP contribution < -0.4 is 13.8 Å². The van der Waals surface area contributed by atoms with Crippen LogP contribution in [0, 0.1) is 5.82 Å². The lowest BCUT2D eigenvalue weighted by Gasteiger charge is -2.23. The maximum absolute atomic E-state index is 14.6. The topological polar surface area (TPSA) is 102 Å². The molecule has 160 valence electrons. The molecular formula is C18H17ClFN3O5S2. The zero-order valence-electron chi connectivity index (χ0n) is 15.9. The molecule has 0 unspecified atom stereocenters. The minimum absolute atomic E-state index is 0.0367. The molecule has 8 nitrogen and oxygen atoms in total. The molecule has 12 heteroatoms. The molecule has 0 radical (unpaired) electrons. The van der Waals surface area contributed by atoms with Gasteiger partial charge in [-0.15, -0.1) is 0 Å². The van der Waals surface area contributed by atoms with E-state index < -0.39 is 27.3 Å². The van der Waals surface area contributed by atoms with Crippen molar-refractivity contribution in [3.8, 4) is 11.5 Å². The van der Waals surface area contributed by atoms with Gasteiger partial charge in [0.25, 0.3) is 10.0 Å². The van der Waals surface area contributed by atoms with Gasteiger partial charge in [0.1, 0.15) is 28.5 Å². The Bertz CT molecular complexity index is 1140. The Kier molecular flexibility index (Phi) is 6.76. The maximum atomic E-state index is 14.6. The number of nitrogens with zero attached hydrogens (tertiary/aromatic N) is 3. The van der Waals surface area contributed by atoms with E-state index in [0.717, 1.165) is 28.0 Å². The van der Waals surface area contributed by atoms with Gasteiger partial charge in [0.2, 0.25) is 5.13 Å². The highest BCUT2D eigenvalue weighted by Gasteiger charge is 2.32. The highest BCUT2D eigenvalue weighted by atomic mass is 35.5. The summed E-state index contributed by atoms with van der Waals surface area (Å²) >= 11 is 6.84. The molecule has 1 aromatic heterocycles. The van der Waals surface area contributed by atoms with Crippen molar-refractivity contribution < 1.29 is 27.4 Å². The van der Waals surface area contributed by atoms with Crippen LogP contribution in [0.1, 0.15) is 11.1 Å². The van der Waals surface area contributed by atoms with E-state index in [0.29, 0.717) is 17.1 Å². The molecule has 0 aliphatic heterocycles. The number of methoxy groups -OCH3 is 2. The van der Waals surface area contributed by atoms with Gasteiger partial charge in [-0.1, -0.05) is 11.6 Å². The lowest BCUT2D eigenvalue weighted by molar-refractivity contribution is 0.281. The highest BCUT2D eigenvalue weighted by molar-refractivity contribution is 7.93. The van der Waals surface area contributed by atoms with E-state index in [9.17, 15) is 17.9 Å². The Labute approximate surface area is 181 Å². The largest absolute Gasteiger partial charge is 0.497 e. The first-order valence-electron chi connectivity index (χ1n) is 8.41. The van der Waals surface area contributed by atoms with Crippen LogP contribution in [0.5, 0.6) is 11.5 Å². The van der Waals surface area contributed by atoms with E-state index in [4.69, 9.17) is 21.1 Å². The number of hydrogen-bond acceptors (Lipinski definition) is 8. The molecule has 2 aromatic carbocycles. The first-order valence-corrected chi connectivity index (χ1v) is 11.0. The number of aliphatic hydroxyl groups excluding tert-OH is 1. The van der Waals surface area contributed by atoms with Crippen LogP contribution >= 0.6 is 23.1 Å². The summed E-state index contributed by atoms with van der Waals surface area (Å²) in [5.41, 5.74) is 0.572. The van der Waals surface area contributed by atoms with Crippen LogP contribution in [0.4, 0.5) is 9.52 Å². The van der Waals surface area contributed by atoms with Crippen LogP contribution in [0.2, 0.25) is 5.02 Å². The third-order valence-electron chi connectivity index (χ3n) is 4.21. The number of rotatable bonds is 8. The van der Waals surface area contributed by atoms with Crippen molar-refractivity contribution in [3.63, 3.8) is 0 Å². The zero-order chi connectivity index (χ0) is 21.9. The van der Waals surface area contributed by atoms with Crippen molar-refractivity contribution in [1.82, 2.24) is 9.36 Å². The number of aliphatic hydroxyl groups is 1. The molecular weight excluding hydrogens is 457 g/mol. The van der Waals surface area contributed by atoms with E-state index in [-0.39, 0.29) is 22.3 Å². The van der Waals surface area contributed by atoms with Crippen molar-refractivity contribution >= 4 is 38.3 Å². The van der Waals surface area contributed by atoms with Crippen molar-refractivity contribution in [2.75, 3.05) is 18.5 Å². The van der Waals surface area contributed by atoms with Crippen LogP contribution in [-0.2, 0) is 23.2 Å². The average Bonchev–Trinajstić information content (AvgIpc) is 3.27. The molecule has 30 heavy (non-hydrogen) atoms. The van der Waals surface area contributed by atoms with Crippen molar-refractivity contribution in [2.45, 2.75) is 18.0 Å². The summed E-state index contributed by atoms with van der Waals surface area (Å²) in [7, 11) is -1.49. The van der Waals surface area contributed by atoms with E-state index >= 15 is 0 Å². The Balaban J connectivity index is 2.11. The summed E-state index contributed by atoms with van der Waals surface area (Å²) in [5.74, 6) is -0.133. The summed E-state index contributed by atoms with van der Waals surface area (Å²) in [4.78, 5) is 3.33. The fraction of sp³-hybridized carbons (Fsp3) is 0.222. The van der Waals surface area contributed by atoms with Crippen molar-refractivity contribution in [3.05, 3.63) is 58.6 Å². The van der Waals surface area contributed by atoms with Gasteiger partial charge in [0.05, 0.1) is 27.4 Å². The van der Waals surface area contributed by atoms with E-state index in [1.165, 1.54) is 20.5 Å². The third-order valence-corrected chi connectivity index (χ3v) is 7.12. The minimum atomic E-state index is -4.43. The Hall–Kier alpha value is -2.47. The van der Waals surface area contributed by atoms with Gasteiger partial charge in [0, 0.05) is 28.2 Å². The van der Waals surface area contributed by atoms with E-state index in [2.05, 4.69) is 9.36 Å². The molecule has 0 spiro atoms. The Morgan fingerprint density at radius 1 is 1.20 bits per heavy atom. The molecule has 0 saturated heterocycles. The second-order valence-electron chi connectivity index (χ2n) is 5.95. The maximum Gasteiger partial charge on any atom is 0.269 e. The van der Waals surface area contributed by atoms with Gasteiger partial charge in [-0.25, -0.2) is 22.1 Å². The number of aromatic nitrogens is 2. The minimum Gasteiger partial charge on any atom is -0.497 e. The van der Waals surface area contributed by atoms with Gasteiger partial charge >= 0.3 is 0 Å². The molecule has 0 saturated carbocycles. The highest BCUT2D eigenvalue weighted by Crippen LogP contribution is 2.33. The standard InChI is InChI=1S/C18H17ClFN3O5S2/c1-27-13-4-3-11(16(6-13)28-2)8-23(18-21-10-22-29-18)30(25,26)17-7-14(19)12(9-24)5-15(17)20/h3-7,10,24H,8-9H2,1-2H3. The molecule has 0 amide bonds. The van der Waals surface area contributed by atoms with Crippen LogP contribution in [0.3, 0.4) is 0 Å². The van der Waals surface area contributed by atoms with E-state index in [1.807, 2.05) is 0 Å². The molecule has 3 aromatic rings. The fourth-order valence-corrected chi connectivity index (χ4v) is 5.17. The molecule has 0 fully saturated rings. The van der Waals surface area contributed by atoms with Gasteiger partial charge in [-0.2, -0.15) is 4.37 Å². The number of benzene rings is 2. The third kappa shape index (κ3) is 4.33. The number of anilines is 1. The van der Waals surface area contributed by atoms with Crippen LogP contribution in [0.15, 0.2) is 41.6 Å². The number of sulfonamides is 1. The SMILES string of the molecule is COc1ccc(CN(c2ncns2)S(=O)(=O)c2cc(Cl)c(CO)cc2F)c(OC)c1. The quantitative estimate of drug-likeness (QED) is 0.535. The molecule has 1 N–H and O–H groups in total. The van der Waals surface area contributed by atoms with E-state index in [1.54, 1.807) is 18.2 Å².